The Morgan fingerprint density at radius 2 is 1.94 bits per heavy atom. The molecule has 2 aliphatic rings. The molecule has 2 nitrogen and oxygen atoms in total. The van der Waals surface area contributed by atoms with E-state index in [4.69, 9.17) is 0 Å². The van der Waals surface area contributed by atoms with Gasteiger partial charge in [-0.25, -0.2) is 0 Å². The number of hydrogen-bond acceptors (Lipinski definition) is 2. The summed E-state index contributed by atoms with van der Waals surface area (Å²) in [6, 6.07) is 9.90. The fourth-order valence-corrected chi connectivity index (χ4v) is 3.99. The highest BCUT2D eigenvalue weighted by Crippen LogP contribution is 2.40. The van der Waals surface area contributed by atoms with Crippen molar-refractivity contribution in [3.63, 3.8) is 0 Å². The van der Waals surface area contributed by atoms with Crippen molar-refractivity contribution in [2.24, 2.45) is 0 Å². The third kappa shape index (κ3) is 2.14. The molecule has 3 unspecified atom stereocenters. The maximum Gasteiger partial charge on any atom is 0.136 e. The van der Waals surface area contributed by atoms with Crippen LogP contribution in [0.2, 0.25) is 0 Å². The van der Waals surface area contributed by atoms with Crippen molar-refractivity contribution in [2.75, 3.05) is 0 Å². The van der Waals surface area contributed by atoms with E-state index in [0.717, 1.165) is 17.3 Å². The van der Waals surface area contributed by atoms with Crippen LogP contribution < -0.4 is 0 Å². The van der Waals surface area contributed by atoms with Crippen molar-refractivity contribution in [3.05, 3.63) is 34.3 Å². The minimum absolute atomic E-state index is 0.410. The quantitative estimate of drug-likeness (QED) is 0.830. The fourth-order valence-electron chi connectivity index (χ4n) is 3.58. The maximum absolute atomic E-state index is 11.6. The minimum Gasteiger partial charge on any atom is -0.300 e. The third-order valence-corrected chi connectivity index (χ3v) is 4.87. The van der Waals surface area contributed by atoms with Gasteiger partial charge in [-0.3, -0.25) is 9.69 Å². The SMILES string of the molecule is CC(c1cccc(Br)c1)N1C2CCC1CC(=O)C2. The van der Waals surface area contributed by atoms with Gasteiger partial charge in [0.05, 0.1) is 0 Å². The first-order valence-corrected chi connectivity index (χ1v) is 7.49. The zero-order valence-corrected chi connectivity index (χ0v) is 12.2. The highest BCUT2D eigenvalue weighted by atomic mass is 79.9. The number of halogens is 1. The van der Waals surface area contributed by atoms with Gasteiger partial charge in [0.2, 0.25) is 0 Å². The van der Waals surface area contributed by atoms with Crippen molar-refractivity contribution in [1.82, 2.24) is 4.90 Å². The molecule has 0 amide bonds. The van der Waals surface area contributed by atoms with Crippen LogP contribution in [0.4, 0.5) is 0 Å². The van der Waals surface area contributed by atoms with E-state index in [9.17, 15) is 4.79 Å². The van der Waals surface area contributed by atoms with Crippen LogP contribution >= 0.6 is 15.9 Å². The van der Waals surface area contributed by atoms with Gasteiger partial charge in [0, 0.05) is 35.4 Å². The second kappa shape index (κ2) is 4.78. The number of fused-ring (bicyclic) bond motifs is 2. The number of rotatable bonds is 2. The summed E-state index contributed by atoms with van der Waals surface area (Å²) in [6.45, 7) is 2.27. The van der Waals surface area contributed by atoms with Gasteiger partial charge in [0.1, 0.15) is 5.78 Å². The van der Waals surface area contributed by atoms with Crippen LogP contribution in [0.25, 0.3) is 0 Å². The van der Waals surface area contributed by atoms with Gasteiger partial charge in [0.15, 0.2) is 0 Å². The molecule has 2 fully saturated rings. The van der Waals surface area contributed by atoms with Gasteiger partial charge >= 0.3 is 0 Å². The molecule has 2 bridgehead atoms. The van der Waals surface area contributed by atoms with Crippen molar-refractivity contribution in [3.8, 4) is 0 Å². The Morgan fingerprint density at radius 3 is 2.56 bits per heavy atom. The summed E-state index contributed by atoms with van der Waals surface area (Å²) in [4.78, 5) is 14.2. The van der Waals surface area contributed by atoms with Gasteiger partial charge in [0.25, 0.3) is 0 Å². The summed E-state index contributed by atoms with van der Waals surface area (Å²) in [6.07, 6.45) is 3.90. The minimum atomic E-state index is 0.410. The normalized spacial score (nSPS) is 29.6. The molecule has 3 rings (SSSR count). The van der Waals surface area contributed by atoms with Gasteiger partial charge in [-0.2, -0.15) is 0 Å². The van der Waals surface area contributed by atoms with E-state index in [1.54, 1.807) is 0 Å². The van der Waals surface area contributed by atoms with E-state index in [1.807, 2.05) is 0 Å². The Morgan fingerprint density at radius 1 is 1.28 bits per heavy atom. The Labute approximate surface area is 116 Å². The molecule has 0 aromatic heterocycles. The highest BCUT2D eigenvalue weighted by Gasteiger charge is 2.42. The van der Waals surface area contributed by atoms with Crippen LogP contribution in [0.5, 0.6) is 0 Å². The number of piperidine rings is 1. The fraction of sp³-hybridized carbons (Fsp3) is 0.533. The predicted octanol–water partition coefficient (Wildman–Crippen LogP) is 3.71. The molecule has 2 heterocycles. The lowest BCUT2D eigenvalue weighted by Gasteiger charge is -2.39. The Kier molecular flexibility index (Phi) is 3.29. The number of ketones is 1. The van der Waals surface area contributed by atoms with Crippen molar-refractivity contribution >= 4 is 21.7 Å². The first-order chi connectivity index (χ1) is 8.65. The number of Topliss-reactive ketones (excluding diaryl/α,β-unsaturated/α-hetero) is 1. The molecule has 1 aromatic carbocycles. The molecular formula is C15H18BrNO. The van der Waals surface area contributed by atoms with E-state index in [-0.39, 0.29) is 0 Å². The van der Waals surface area contributed by atoms with Crippen LogP contribution in [0.15, 0.2) is 28.7 Å². The molecule has 0 spiro atoms. The average Bonchev–Trinajstić information content (AvgIpc) is 2.61. The average molecular weight is 308 g/mol. The number of benzene rings is 1. The molecule has 0 N–H and O–H groups in total. The number of hydrogen-bond donors (Lipinski definition) is 0. The standard InChI is InChI=1S/C15H18BrNO/c1-10(11-3-2-4-12(16)7-11)17-13-5-6-14(17)9-15(18)8-13/h2-4,7,10,13-14H,5-6,8-9H2,1H3. The molecule has 96 valence electrons. The Balaban J connectivity index is 1.85. The Hall–Kier alpha value is -0.670. The van der Waals surface area contributed by atoms with Gasteiger partial charge in [-0.1, -0.05) is 28.1 Å². The van der Waals surface area contributed by atoms with E-state index in [1.165, 1.54) is 18.4 Å². The molecule has 2 saturated heterocycles. The molecule has 0 radical (unpaired) electrons. The molecule has 2 aliphatic heterocycles. The second-order valence-electron chi connectivity index (χ2n) is 5.51. The smallest absolute Gasteiger partial charge is 0.136 e. The monoisotopic (exact) mass is 307 g/mol. The molecule has 18 heavy (non-hydrogen) atoms. The van der Waals surface area contributed by atoms with Crippen LogP contribution in [0.3, 0.4) is 0 Å². The summed E-state index contributed by atoms with van der Waals surface area (Å²) in [5.41, 5.74) is 1.34. The highest BCUT2D eigenvalue weighted by molar-refractivity contribution is 9.10. The first kappa shape index (κ1) is 12.4. The maximum atomic E-state index is 11.6. The van der Waals surface area contributed by atoms with E-state index in [0.29, 0.717) is 23.9 Å². The number of carbonyl (C=O) groups excluding carboxylic acids is 1. The molecule has 3 atom stereocenters. The number of nitrogens with zero attached hydrogens (tertiary/aromatic N) is 1. The molecular weight excluding hydrogens is 290 g/mol. The van der Waals surface area contributed by atoms with Crippen LogP contribution in [-0.2, 0) is 4.79 Å². The first-order valence-electron chi connectivity index (χ1n) is 6.70. The zero-order chi connectivity index (χ0) is 12.7. The van der Waals surface area contributed by atoms with Gasteiger partial charge in [-0.15, -0.1) is 0 Å². The second-order valence-corrected chi connectivity index (χ2v) is 6.43. The Bertz CT molecular complexity index is 457. The predicted molar refractivity (Wildman–Crippen MR) is 75.4 cm³/mol. The van der Waals surface area contributed by atoms with E-state index < -0.39 is 0 Å². The molecule has 0 aliphatic carbocycles. The number of carbonyl (C=O) groups is 1. The molecule has 1 aromatic rings. The lowest BCUT2D eigenvalue weighted by molar-refractivity contribution is -0.124. The summed E-state index contributed by atoms with van der Waals surface area (Å²) in [7, 11) is 0. The van der Waals surface area contributed by atoms with E-state index in [2.05, 4.69) is 52.0 Å². The van der Waals surface area contributed by atoms with Gasteiger partial charge in [-0.05, 0) is 37.5 Å². The van der Waals surface area contributed by atoms with Gasteiger partial charge < -0.3 is 0 Å². The summed E-state index contributed by atoms with van der Waals surface area (Å²) in [5, 5.41) is 0. The van der Waals surface area contributed by atoms with Crippen LogP contribution in [0, 0.1) is 0 Å². The van der Waals surface area contributed by atoms with Crippen molar-refractivity contribution in [1.29, 1.82) is 0 Å². The van der Waals surface area contributed by atoms with E-state index >= 15 is 0 Å². The van der Waals surface area contributed by atoms with Crippen LogP contribution in [-0.4, -0.2) is 22.8 Å². The van der Waals surface area contributed by atoms with Crippen molar-refractivity contribution in [2.45, 2.75) is 50.7 Å². The topological polar surface area (TPSA) is 20.3 Å². The lowest BCUT2D eigenvalue weighted by Crippen LogP contribution is -2.44. The zero-order valence-electron chi connectivity index (χ0n) is 10.6. The lowest BCUT2D eigenvalue weighted by atomic mass is 9.96. The van der Waals surface area contributed by atoms with Crippen molar-refractivity contribution < 1.29 is 4.79 Å². The van der Waals surface area contributed by atoms with Crippen LogP contribution in [0.1, 0.15) is 44.2 Å². The third-order valence-electron chi connectivity index (χ3n) is 4.38. The molecule has 3 heteroatoms. The summed E-state index contributed by atoms with van der Waals surface area (Å²) < 4.78 is 1.13. The molecule has 0 saturated carbocycles. The largest absolute Gasteiger partial charge is 0.300 e. The summed E-state index contributed by atoms with van der Waals surface area (Å²) >= 11 is 3.54. The summed E-state index contributed by atoms with van der Waals surface area (Å²) in [5.74, 6) is 0.459.